The van der Waals surface area contributed by atoms with E-state index < -0.39 is 0 Å². The quantitative estimate of drug-likeness (QED) is 0.782. The van der Waals surface area contributed by atoms with Crippen molar-refractivity contribution < 1.29 is 4.74 Å². The lowest BCUT2D eigenvalue weighted by Gasteiger charge is -2.24. The van der Waals surface area contributed by atoms with Gasteiger partial charge >= 0.3 is 6.01 Å². The van der Waals surface area contributed by atoms with Crippen molar-refractivity contribution >= 4 is 11.5 Å². The van der Waals surface area contributed by atoms with Crippen LogP contribution >= 0.6 is 11.5 Å². The first-order valence-electron chi connectivity index (χ1n) is 6.71. The van der Waals surface area contributed by atoms with Gasteiger partial charge in [-0.15, -0.1) is 10.3 Å². The summed E-state index contributed by atoms with van der Waals surface area (Å²) in [4.78, 5) is 4.48. The summed E-state index contributed by atoms with van der Waals surface area (Å²) < 4.78 is 9.68. The Balaban J connectivity index is 1.89. The molecule has 1 aliphatic carbocycles. The number of hydrogen-bond acceptors (Lipinski definition) is 4. The highest BCUT2D eigenvalue weighted by molar-refractivity contribution is 7.05. The largest absolute Gasteiger partial charge is 0.450 e. The van der Waals surface area contributed by atoms with Crippen molar-refractivity contribution in [3.63, 3.8) is 0 Å². The predicted octanol–water partition coefficient (Wildman–Crippen LogP) is 3.62. The summed E-state index contributed by atoms with van der Waals surface area (Å²) in [5, 5.41) is 1.14. The Bertz CT molecular complexity index is 432. The lowest BCUT2D eigenvalue weighted by atomic mass is 9.83. The first-order chi connectivity index (χ1) is 8.79. The molecule has 18 heavy (non-hydrogen) atoms. The highest BCUT2D eigenvalue weighted by atomic mass is 32.1. The van der Waals surface area contributed by atoms with Crippen LogP contribution in [0.25, 0.3) is 0 Å². The highest BCUT2D eigenvalue weighted by Crippen LogP contribution is 2.37. The number of hydrogen-bond donors (Lipinski definition) is 0. The van der Waals surface area contributed by atoms with Gasteiger partial charge < -0.3 is 4.74 Å². The summed E-state index contributed by atoms with van der Waals surface area (Å²) in [6, 6.07) is 0.499. The van der Waals surface area contributed by atoms with Gasteiger partial charge in [0.15, 0.2) is 6.61 Å². The lowest BCUT2D eigenvalue weighted by Crippen LogP contribution is -2.11. The van der Waals surface area contributed by atoms with Crippen LogP contribution in [0.3, 0.4) is 0 Å². The first-order valence-corrected chi connectivity index (χ1v) is 7.49. The van der Waals surface area contributed by atoms with E-state index in [0.29, 0.717) is 18.5 Å². The fraction of sp³-hybridized carbons (Fsp3) is 0.714. The molecule has 98 valence electrons. The molecular weight excluding hydrogens is 244 g/mol. The SMILES string of the molecule is CCC#CCOc1nsc(C2CCCC(C)C2)n1. The molecule has 0 amide bonds. The third-order valence-corrected chi connectivity index (χ3v) is 4.14. The van der Waals surface area contributed by atoms with Gasteiger partial charge in [0.2, 0.25) is 0 Å². The van der Waals surface area contributed by atoms with Crippen molar-refractivity contribution in [2.75, 3.05) is 6.61 Å². The monoisotopic (exact) mass is 264 g/mol. The van der Waals surface area contributed by atoms with Crippen LogP contribution in [0, 0.1) is 17.8 Å². The normalized spacial score (nSPS) is 23.2. The predicted molar refractivity (Wildman–Crippen MR) is 73.8 cm³/mol. The van der Waals surface area contributed by atoms with E-state index in [2.05, 4.69) is 28.1 Å². The molecule has 0 spiro atoms. The van der Waals surface area contributed by atoms with Crippen molar-refractivity contribution in [1.29, 1.82) is 0 Å². The van der Waals surface area contributed by atoms with Gasteiger partial charge in [-0.1, -0.05) is 32.6 Å². The van der Waals surface area contributed by atoms with Gasteiger partial charge in [-0.2, -0.15) is 4.98 Å². The Morgan fingerprint density at radius 2 is 2.28 bits per heavy atom. The third-order valence-electron chi connectivity index (χ3n) is 3.28. The molecule has 0 aliphatic heterocycles. The molecule has 1 heterocycles. The Kier molecular flexibility index (Phi) is 5.00. The van der Waals surface area contributed by atoms with E-state index in [9.17, 15) is 0 Å². The zero-order chi connectivity index (χ0) is 12.8. The van der Waals surface area contributed by atoms with Gasteiger partial charge in [0, 0.05) is 12.3 Å². The maximum absolute atomic E-state index is 5.42. The van der Waals surface area contributed by atoms with Crippen LogP contribution in [0.5, 0.6) is 6.01 Å². The van der Waals surface area contributed by atoms with Gasteiger partial charge in [0.1, 0.15) is 5.01 Å². The van der Waals surface area contributed by atoms with Gasteiger partial charge in [-0.05, 0) is 30.3 Å². The zero-order valence-corrected chi connectivity index (χ0v) is 11.9. The number of ether oxygens (including phenoxy) is 1. The van der Waals surface area contributed by atoms with E-state index >= 15 is 0 Å². The van der Waals surface area contributed by atoms with E-state index in [-0.39, 0.29) is 0 Å². The topological polar surface area (TPSA) is 35.0 Å². The third kappa shape index (κ3) is 3.71. The summed E-state index contributed by atoms with van der Waals surface area (Å²) in [5.41, 5.74) is 0. The van der Waals surface area contributed by atoms with Crippen LogP contribution in [-0.4, -0.2) is 16.0 Å². The minimum atomic E-state index is 0.394. The van der Waals surface area contributed by atoms with E-state index in [1.54, 1.807) is 0 Å². The second kappa shape index (κ2) is 6.75. The summed E-state index contributed by atoms with van der Waals surface area (Å²) in [7, 11) is 0. The molecule has 1 aliphatic rings. The maximum Gasteiger partial charge on any atom is 0.329 e. The van der Waals surface area contributed by atoms with Gasteiger partial charge in [0.25, 0.3) is 0 Å². The van der Waals surface area contributed by atoms with Crippen molar-refractivity contribution in [2.45, 2.75) is 51.9 Å². The van der Waals surface area contributed by atoms with Gasteiger partial charge in [-0.3, -0.25) is 0 Å². The number of aromatic nitrogens is 2. The minimum Gasteiger partial charge on any atom is -0.450 e. The maximum atomic E-state index is 5.42. The van der Waals surface area contributed by atoms with E-state index in [0.717, 1.165) is 17.3 Å². The van der Waals surface area contributed by atoms with Crippen molar-refractivity contribution in [3.05, 3.63) is 5.01 Å². The number of rotatable bonds is 3. The number of nitrogens with zero attached hydrogens (tertiary/aromatic N) is 2. The highest BCUT2D eigenvalue weighted by Gasteiger charge is 2.23. The molecule has 0 aromatic carbocycles. The van der Waals surface area contributed by atoms with Crippen molar-refractivity contribution in [2.24, 2.45) is 5.92 Å². The Hall–Kier alpha value is -1.08. The molecule has 2 unspecified atom stereocenters. The van der Waals surface area contributed by atoms with Crippen LogP contribution in [0.4, 0.5) is 0 Å². The Morgan fingerprint density at radius 1 is 1.39 bits per heavy atom. The van der Waals surface area contributed by atoms with Crippen LogP contribution in [0.15, 0.2) is 0 Å². The molecule has 2 rings (SSSR count). The van der Waals surface area contributed by atoms with Gasteiger partial charge in [-0.25, -0.2) is 0 Å². The zero-order valence-electron chi connectivity index (χ0n) is 11.1. The molecule has 1 saturated carbocycles. The van der Waals surface area contributed by atoms with E-state index in [1.165, 1.54) is 37.2 Å². The summed E-state index contributed by atoms with van der Waals surface area (Å²) in [5.74, 6) is 7.30. The molecule has 2 atom stereocenters. The molecule has 0 saturated heterocycles. The molecular formula is C14H20N2OS. The van der Waals surface area contributed by atoms with Gasteiger partial charge in [0.05, 0.1) is 0 Å². The molecule has 3 nitrogen and oxygen atoms in total. The first kappa shape index (κ1) is 13.4. The smallest absolute Gasteiger partial charge is 0.329 e. The average Bonchev–Trinajstić information content (AvgIpc) is 2.83. The van der Waals surface area contributed by atoms with Crippen LogP contribution in [0.1, 0.15) is 56.9 Å². The van der Waals surface area contributed by atoms with Crippen LogP contribution < -0.4 is 4.74 Å². The molecule has 0 radical (unpaired) electrons. The molecule has 0 bridgehead atoms. The van der Waals surface area contributed by atoms with Crippen LogP contribution in [0.2, 0.25) is 0 Å². The minimum absolute atomic E-state index is 0.394. The molecule has 0 N–H and O–H groups in total. The molecule has 1 aromatic rings. The average molecular weight is 264 g/mol. The summed E-state index contributed by atoms with van der Waals surface area (Å²) in [6.45, 7) is 4.74. The standard InChI is InChI=1S/C14H20N2OS/c1-3-4-5-9-17-14-15-13(18-16-14)12-8-6-7-11(2)10-12/h11-12H,3,6-10H2,1-2H3. The Morgan fingerprint density at radius 3 is 3.06 bits per heavy atom. The lowest BCUT2D eigenvalue weighted by molar-refractivity contribution is 0.330. The van der Waals surface area contributed by atoms with Crippen LogP contribution in [-0.2, 0) is 0 Å². The molecule has 1 aromatic heterocycles. The summed E-state index contributed by atoms with van der Waals surface area (Å²) in [6.07, 6.45) is 6.01. The molecule has 4 heteroatoms. The summed E-state index contributed by atoms with van der Waals surface area (Å²) >= 11 is 1.49. The van der Waals surface area contributed by atoms with E-state index in [4.69, 9.17) is 4.74 Å². The van der Waals surface area contributed by atoms with Crippen molar-refractivity contribution in [3.8, 4) is 17.9 Å². The fourth-order valence-corrected chi connectivity index (χ4v) is 3.13. The van der Waals surface area contributed by atoms with Crippen molar-refractivity contribution in [1.82, 2.24) is 9.36 Å². The second-order valence-corrected chi connectivity index (χ2v) is 5.66. The Labute approximate surface area is 113 Å². The van der Waals surface area contributed by atoms with E-state index in [1.807, 2.05) is 6.92 Å². The second-order valence-electron chi connectivity index (χ2n) is 4.88. The fourth-order valence-electron chi connectivity index (χ4n) is 2.38. The molecule has 1 fully saturated rings.